The lowest BCUT2D eigenvalue weighted by Crippen LogP contribution is -2.53. The molecule has 2 bridgehead atoms. The maximum atomic E-state index is 14.0. The first kappa shape index (κ1) is 25.3. The van der Waals surface area contributed by atoms with Gasteiger partial charge in [-0.1, -0.05) is 18.2 Å². The van der Waals surface area contributed by atoms with Gasteiger partial charge in [0.2, 0.25) is 0 Å². The topological polar surface area (TPSA) is 137 Å². The Morgan fingerprint density at radius 2 is 2.00 bits per heavy atom. The lowest BCUT2D eigenvalue weighted by Gasteiger charge is -2.46. The molecule has 0 radical (unpaired) electrons. The molecule has 5 aliphatic heterocycles. The fourth-order valence-corrected chi connectivity index (χ4v) is 7.32. The van der Waals surface area contributed by atoms with E-state index < -0.39 is 29.2 Å². The second-order valence-electron chi connectivity index (χ2n) is 12.2. The highest BCUT2D eigenvalue weighted by atomic mass is 16.7. The molecular formula is C31H34N2O7. The number of phenolic OH excluding ortho intramolecular Hbond substituents is 1. The lowest BCUT2D eigenvalue weighted by molar-refractivity contribution is -0.172. The van der Waals surface area contributed by atoms with Crippen LogP contribution in [0.2, 0.25) is 0 Å². The summed E-state index contributed by atoms with van der Waals surface area (Å²) in [4.78, 5) is 26.9. The minimum absolute atomic E-state index is 0.0304. The number of epoxide rings is 1. The van der Waals surface area contributed by atoms with Gasteiger partial charge in [0.15, 0.2) is 11.0 Å². The second kappa shape index (κ2) is 8.64. The number of hydrogen-bond acceptors (Lipinski definition) is 9. The first-order chi connectivity index (χ1) is 19.1. The van der Waals surface area contributed by atoms with Gasteiger partial charge < -0.3 is 34.8 Å². The van der Waals surface area contributed by atoms with Gasteiger partial charge in [-0.2, -0.15) is 0 Å². The number of nitrogens with one attached hydrogen (secondary N) is 1. The average molecular weight is 547 g/mol. The highest BCUT2D eigenvalue weighted by Crippen LogP contribution is 2.58. The molecule has 9 heteroatoms. The van der Waals surface area contributed by atoms with Gasteiger partial charge in [-0.05, 0) is 64.0 Å². The van der Waals surface area contributed by atoms with Gasteiger partial charge in [0.05, 0.1) is 11.9 Å². The van der Waals surface area contributed by atoms with Crippen LogP contribution in [0.1, 0.15) is 56.8 Å². The zero-order valence-corrected chi connectivity index (χ0v) is 22.9. The molecule has 1 spiro atoms. The number of aryl methyl sites for hydroxylation is 1. The smallest absolute Gasteiger partial charge is 0.342 e. The van der Waals surface area contributed by atoms with Crippen LogP contribution in [0.25, 0.3) is 11.0 Å². The van der Waals surface area contributed by atoms with E-state index in [4.69, 9.17) is 24.4 Å². The molecule has 2 aromatic rings. The van der Waals surface area contributed by atoms with Crippen molar-refractivity contribution in [1.29, 1.82) is 0 Å². The zero-order chi connectivity index (χ0) is 28.0. The van der Waals surface area contributed by atoms with Gasteiger partial charge in [-0.15, -0.1) is 0 Å². The van der Waals surface area contributed by atoms with Gasteiger partial charge in [0.25, 0.3) is 0 Å². The minimum atomic E-state index is -1.04. The van der Waals surface area contributed by atoms with E-state index in [1.54, 1.807) is 13.0 Å². The number of hydrogen-bond donors (Lipinski definition) is 3. The van der Waals surface area contributed by atoms with Crippen molar-refractivity contribution in [3.05, 3.63) is 69.4 Å². The van der Waals surface area contributed by atoms with E-state index in [1.807, 2.05) is 19.9 Å². The highest BCUT2D eigenvalue weighted by Gasteiger charge is 2.69. The number of esters is 1. The number of phenols is 1. The Morgan fingerprint density at radius 1 is 1.18 bits per heavy atom. The molecule has 0 amide bonds. The van der Waals surface area contributed by atoms with E-state index in [-0.39, 0.29) is 40.1 Å². The summed E-state index contributed by atoms with van der Waals surface area (Å²) in [6.45, 7) is 6.16. The van der Waals surface area contributed by atoms with Gasteiger partial charge in [-0.25, -0.2) is 4.79 Å². The summed E-state index contributed by atoms with van der Waals surface area (Å²) < 4.78 is 24.8. The number of fused-ring (bicyclic) bond motifs is 4. The molecular weight excluding hydrogens is 512 g/mol. The zero-order valence-electron chi connectivity index (χ0n) is 22.9. The van der Waals surface area contributed by atoms with E-state index in [0.717, 1.165) is 24.8 Å². The van der Waals surface area contributed by atoms with Crippen molar-refractivity contribution < 1.29 is 28.5 Å². The van der Waals surface area contributed by atoms with Gasteiger partial charge in [0, 0.05) is 36.1 Å². The molecule has 2 fully saturated rings. The Balaban J connectivity index is 1.27. The van der Waals surface area contributed by atoms with E-state index in [9.17, 15) is 14.7 Å². The molecule has 8 rings (SSSR count). The number of dihydropyridines is 1. The number of carbonyl (C=O) groups excluding carboxylic acids is 1. The Kier molecular flexibility index (Phi) is 5.45. The third-order valence-electron chi connectivity index (χ3n) is 9.27. The first-order valence-electron chi connectivity index (χ1n) is 14.0. The largest absolute Gasteiger partial charge is 0.507 e. The van der Waals surface area contributed by atoms with Crippen molar-refractivity contribution in [2.24, 2.45) is 17.6 Å². The Labute approximate surface area is 231 Å². The summed E-state index contributed by atoms with van der Waals surface area (Å²) in [5.74, 6) is 0.415. The van der Waals surface area contributed by atoms with Crippen LogP contribution >= 0.6 is 0 Å². The molecule has 40 heavy (non-hydrogen) atoms. The molecule has 6 unspecified atom stereocenters. The van der Waals surface area contributed by atoms with Crippen molar-refractivity contribution in [2.75, 3.05) is 6.54 Å². The summed E-state index contributed by atoms with van der Waals surface area (Å²) in [7, 11) is 0. The van der Waals surface area contributed by atoms with Gasteiger partial charge in [-0.3, -0.25) is 4.79 Å². The van der Waals surface area contributed by atoms with Crippen LogP contribution in [0.4, 0.5) is 0 Å². The normalized spacial score (nSPS) is 33.4. The molecule has 6 aliphatic rings. The molecule has 2 saturated heterocycles. The number of nitrogens with two attached hydrogens (primary N) is 1. The Bertz CT molecular complexity index is 1580. The molecule has 9 nitrogen and oxygen atoms in total. The number of aromatic hydroxyl groups is 1. The van der Waals surface area contributed by atoms with Gasteiger partial charge in [0.1, 0.15) is 39.9 Å². The quantitative estimate of drug-likeness (QED) is 0.298. The number of ether oxygens (including phenoxy) is 3. The number of benzene rings is 1. The molecule has 0 saturated carbocycles. The van der Waals surface area contributed by atoms with Gasteiger partial charge >= 0.3 is 5.97 Å². The Morgan fingerprint density at radius 3 is 2.75 bits per heavy atom. The fraction of sp³-hybridized carbons (Fsp3) is 0.484. The summed E-state index contributed by atoms with van der Waals surface area (Å²) in [5.41, 5.74) is 5.52. The van der Waals surface area contributed by atoms with Crippen LogP contribution in [0.15, 0.2) is 57.0 Å². The van der Waals surface area contributed by atoms with E-state index in [2.05, 4.69) is 23.5 Å². The van der Waals surface area contributed by atoms with Crippen molar-refractivity contribution >= 4 is 16.9 Å². The summed E-state index contributed by atoms with van der Waals surface area (Å²) in [5, 5.41) is 14.7. The molecule has 210 valence electrons. The number of allylic oxidation sites excluding steroid dienone is 3. The molecule has 1 aromatic carbocycles. The van der Waals surface area contributed by atoms with Crippen LogP contribution in [0.3, 0.4) is 0 Å². The number of rotatable bonds is 3. The molecule has 1 aliphatic carbocycles. The van der Waals surface area contributed by atoms with Crippen molar-refractivity contribution in [3.8, 4) is 11.5 Å². The average Bonchev–Trinajstić information content (AvgIpc) is 3.61. The van der Waals surface area contributed by atoms with Crippen molar-refractivity contribution in [2.45, 2.75) is 75.8 Å². The summed E-state index contributed by atoms with van der Waals surface area (Å²) >= 11 is 0. The third kappa shape index (κ3) is 3.70. The van der Waals surface area contributed by atoms with E-state index in [1.165, 1.54) is 6.07 Å². The maximum absolute atomic E-state index is 14.0. The minimum Gasteiger partial charge on any atom is -0.507 e. The highest BCUT2D eigenvalue weighted by molar-refractivity contribution is 5.88. The monoisotopic (exact) mass is 546 g/mol. The predicted molar refractivity (Wildman–Crippen MR) is 147 cm³/mol. The molecule has 6 heterocycles. The summed E-state index contributed by atoms with van der Waals surface area (Å²) in [6, 6.07) is 3.05. The number of carbonyl (C=O) groups is 1. The van der Waals surface area contributed by atoms with E-state index >= 15 is 0 Å². The first-order valence-corrected chi connectivity index (χ1v) is 14.0. The lowest BCUT2D eigenvalue weighted by atomic mass is 9.69. The van der Waals surface area contributed by atoms with Crippen LogP contribution in [-0.4, -0.2) is 41.0 Å². The molecule has 6 atom stereocenters. The van der Waals surface area contributed by atoms with Crippen LogP contribution < -0.4 is 21.2 Å². The Hall–Kier alpha value is -3.72. The third-order valence-corrected chi connectivity index (χ3v) is 9.27. The maximum Gasteiger partial charge on any atom is 0.342 e. The summed E-state index contributed by atoms with van der Waals surface area (Å²) in [6.07, 6.45) is 10.2. The molecule has 1 aromatic heterocycles. The van der Waals surface area contributed by atoms with Crippen LogP contribution in [0.5, 0.6) is 11.5 Å². The standard InChI is InChI=1S/C31H34N2O7/c1-15-12-19(34)25-20(37-15)14-21-26(27(25)35)24-17-5-7-18(8-6-17)31(29(36)38-28(24)30(2,3)39-21)22(40-31)9-4-16-10-11-33-23(32)13-16/h5,7,10,12-14,17-18,22,24,28,33,35H,4,6,8-9,11,32H2,1-3H3. The van der Waals surface area contributed by atoms with E-state index in [0.29, 0.717) is 35.9 Å². The SMILES string of the molecule is Cc1cc(=O)c2c(O)c3c(cc2o1)OC(C)(C)C1OC(=O)C2(OC2CCC2=CCNC(N)=C2)C2C=CC(CC2)C31. The van der Waals surface area contributed by atoms with Crippen molar-refractivity contribution in [3.63, 3.8) is 0 Å². The molecule has 4 N–H and O–H groups in total. The predicted octanol–water partition coefficient (Wildman–Crippen LogP) is 3.82. The second-order valence-corrected chi connectivity index (χ2v) is 12.2. The van der Waals surface area contributed by atoms with Crippen molar-refractivity contribution in [1.82, 2.24) is 5.32 Å². The van der Waals surface area contributed by atoms with Crippen LogP contribution in [-0.2, 0) is 14.3 Å². The van der Waals surface area contributed by atoms with Crippen LogP contribution in [0, 0.1) is 18.8 Å². The fourth-order valence-electron chi connectivity index (χ4n) is 7.32.